The second kappa shape index (κ2) is 12.6. The van der Waals surface area contributed by atoms with E-state index < -0.39 is 5.60 Å². The van der Waals surface area contributed by atoms with Crippen LogP contribution in [-0.2, 0) is 12.1 Å². The Hall–Kier alpha value is -3.83. The molecule has 1 saturated carbocycles. The molecular weight excluding hydrogens is 559 g/mol. The summed E-state index contributed by atoms with van der Waals surface area (Å²) in [4.78, 5) is 32.1. The van der Waals surface area contributed by atoms with Gasteiger partial charge in [0.15, 0.2) is 11.5 Å². The number of benzene rings is 1. The van der Waals surface area contributed by atoms with Crippen LogP contribution in [-0.4, -0.2) is 73.7 Å². The van der Waals surface area contributed by atoms with Gasteiger partial charge >= 0.3 is 0 Å². The highest BCUT2D eigenvalue weighted by atomic mass is 19.1. The monoisotopic (exact) mass is 602 g/mol. The smallest absolute Gasteiger partial charge is 0.278 e. The van der Waals surface area contributed by atoms with E-state index in [1.807, 2.05) is 24.3 Å². The number of hydrogen-bond acceptors (Lipinski definition) is 8. The van der Waals surface area contributed by atoms with Crippen molar-refractivity contribution in [1.82, 2.24) is 29.2 Å². The van der Waals surface area contributed by atoms with E-state index in [1.54, 1.807) is 35.5 Å². The highest BCUT2D eigenvalue weighted by Gasteiger charge is 2.28. The van der Waals surface area contributed by atoms with Crippen LogP contribution >= 0.6 is 0 Å². The van der Waals surface area contributed by atoms with Crippen molar-refractivity contribution < 1.29 is 9.50 Å². The molecule has 0 spiro atoms. The first-order chi connectivity index (χ1) is 21.2. The standard InChI is InChI=1S/C33H43FN8O2/c1-4-40(21-24-7-6-17-39(20-24)18-16-34)26-14-12-25(13-15-26)36-32-35-19-27-30(38-32)42(41(31(27)43)22-23-10-11-23)29-9-5-8-28(37-29)33(2,3)44/h5,8-9,12-15,19,23-24,44H,4,6-7,10-11,16-18,20-22H2,1-3H3,(H,35,36,38). The Morgan fingerprint density at radius 2 is 1.89 bits per heavy atom. The zero-order valence-electron chi connectivity index (χ0n) is 25.9. The quantitative estimate of drug-likeness (QED) is 0.237. The van der Waals surface area contributed by atoms with Gasteiger partial charge in [0.05, 0.1) is 5.69 Å². The van der Waals surface area contributed by atoms with Gasteiger partial charge in [0.25, 0.3) is 5.56 Å². The van der Waals surface area contributed by atoms with Gasteiger partial charge in [0, 0.05) is 50.3 Å². The molecule has 4 heterocycles. The lowest BCUT2D eigenvalue weighted by atomic mass is 9.97. The van der Waals surface area contributed by atoms with Crippen LogP contribution in [0.2, 0.25) is 0 Å². The number of fused-ring (bicyclic) bond motifs is 1. The molecule has 3 aromatic heterocycles. The molecule has 1 saturated heterocycles. The van der Waals surface area contributed by atoms with Gasteiger partial charge in [-0.15, -0.1) is 0 Å². The fourth-order valence-corrected chi connectivity index (χ4v) is 6.15. The minimum Gasteiger partial charge on any atom is -0.384 e. The van der Waals surface area contributed by atoms with Gasteiger partial charge in [-0.05, 0) is 101 Å². The van der Waals surface area contributed by atoms with E-state index in [4.69, 9.17) is 9.97 Å². The van der Waals surface area contributed by atoms with Crippen molar-refractivity contribution in [2.75, 3.05) is 49.6 Å². The van der Waals surface area contributed by atoms with Crippen LogP contribution in [0.25, 0.3) is 16.9 Å². The maximum Gasteiger partial charge on any atom is 0.278 e. The predicted octanol–water partition coefficient (Wildman–Crippen LogP) is 4.87. The average Bonchev–Trinajstić information content (AvgIpc) is 3.80. The fraction of sp³-hybridized carbons (Fsp3) is 0.515. The molecule has 0 amide bonds. The lowest BCUT2D eigenvalue weighted by Gasteiger charge is -2.35. The number of rotatable bonds is 12. The van der Waals surface area contributed by atoms with Gasteiger partial charge in [-0.2, -0.15) is 4.98 Å². The Bertz CT molecular complexity index is 1640. The van der Waals surface area contributed by atoms with Gasteiger partial charge in [-0.3, -0.25) is 4.79 Å². The molecule has 11 heteroatoms. The molecule has 2 aliphatic rings. The number of likely N-dealkylation sites (tertiary alicyclic amines) is 1. The number of alkyl halides is 1. The van der Waals surface area contributed by atoms with E-state index in [2.05, 4.69) is 39.2 Å². The molecule has 1 aliphatic heterocycles. The number of aliphatic hydroxyl groups is 1. The van der Waals surface area contributed by atoms with Crippen molar-refractivity contribution in [3.63, 3.8) is 0 Å². The summed E-state index contributed by atoms with van der Waals surface area (Å²) in [5.41, 5.74) is 1.68. The average molecular weight is 603 g/mol. The van der Waals surface area contributed by atoms with Crippen LogP contribution in [0.1, 0.15) is 52.1 Å². The maximum atomic E-state index is 13.5. The minimum atomic E-state index is -1.13. The molecule has 1 unspecified atom stereocenters. The number of piperidine rings is 1. The summed E-state index contributed by atoms with van der Waals surface area (Å²) in [5.74, 6) is 1.88. The molecule has 1 aromatic carbocycles. The van der Waals surface area contributed by atoms with Crippen molar-refractivity contribution in [2.24, 2.45) is 11.8 Å². The number of aromatic nitrogens is 5. The number of nitrogens with zero attached hydrogens (tertiary/aromatic N) is 7. The summed E-state index contributed by atoms with van der Waals surface area (Å²) in [6.45, 7) is 10.2. The first kappa shape index (κ1) is 30.2. The molecular formula is C33H43FN8O2. The topological polar surface area (TPSA) is 104 Å². The molecule has 44 heavy (non-hydrogen) atoms. The molecule has 0 radical (unpaired) electrons. The van der Waals surface area contributed by atoms with E-state index in [0.29, 0.717) is 53.4 Å². The van der Waals surface area contributed by atoms with Crippen molar-refractivity contribution in [2.45, 2.75) is 58.6 Å². The van der Waals surface area contributed by atoms with Gasteiger partial charge in [0.2, 0.25) is 5.95 Å². The molecule has 1 aliphatic carbocycles. The van der Waals surface area contributed by atoms with Crippen molar-refractivity contribution >= 4 is 28.4 Å². The molecule has 1 atom stereocenters. The zero-order chi connectivity index (χ0) is 30.8. The summed E-state index contributed by atoms with van der Waals surface area (Å²) in [7, 11) is 0. The maximum absolute atomic E-state index is 13.5. The van der Waals surface area contributed by atoms with Crippen molar-refractivity contribution in [3.8, 4) is 5.82 Å². The molecule has 2 N–H and O–H groups in total. The summed E-state index contributed by atoms with van der Waals surface area (Å²) in [5, 5.41) is 14.3. The molecule has 2 fully saturated rings. The van der Waals surface area contributed by atoms with Crippen LogP contribution in [0.5, 0.6) is 0 Å². The van der Waals surface area contributed by atoms with E-state index >= 15 is 0 Å². The highest BCUT2D eigenvalue weighted by molar-refractivity contribution is 5.77. The number of anilines is 3. The van der Waals surface area contributed by atoms with Crippen LogP contribution in [0.3, 0.4) is 0 Å². The molecule has 234 valence electrons. The van der Waals surface area contributed by atoms with Crippen LogP contribution in [0.15, 0.2) is 53.5 Å². The third kappa shape index (κ3) is 6.63. The molecule has 0 bridgehead atoms. The first-order valence-corrected chi connectivity index (χ1v) is 15.8. The fourth-order valence-electron chi connectivity index (χ4n) is 6.15. The van der Waals surface area contributed by atoms with Gasteiger partial charge in [0.1, 0.15) is 17.7 Å². The normalized spacial score (nSPS) is 17.7. The van der Waals surface area contributed by atoms with E-state index in [9.17, 15) is 14.3 Å². The number of pyridine rings is 1. The summed E-state index contributed by atoms with van der Waals surface area (Å²) < 4.78 is 16.4. The largest absolute Gasteiger partial charge is 0.384 e. The summed E-state index contributed by atoms with van der Waals surface area (Å²) >= 11 is 0. The predicted molar refractivity (Wildman–Crippen MR) is 172 cm³/mol. The second-order valence-electron chi connectivity index (χ2n) is 12.7. The van der Waals surface area contributed by atoms with Gasteiger partial charge in [-0.25, -0.2) is 23.7 Å². The van der Waals surface area contributed by atoms with Crippen LogP contribution < -0.4 is 15.8 Å². The Labute approximate surface area is 257 Å². The Balaban J connectivity index is 1.25. The first-order valence-electron chi connectivity index (χ1n) is 15.8. The Kier molecular flexibility index (Phi) is 8.68. The third-order valence-electron chi connectivity index (χ3n) is 8.73. The SMILES string of the molecule is CCN(CC1CCCN(CCF)C1)c1ccc(Nc2ncc3c(=O)n(CC4CC4)n(-c4cccc(C(C)(C)O)n4)c3n2)cc1. The van der Waals surface area contributed by atoms with Crippen LogP contribution in [0.4, 0.5) is 21.7 Å². The summed E-state index contributed by atoms with van der Waals surface area (Å²) in [6, 6.07) is 13.7. The van der Waals surface area contributed by atoms with Crippen molar-refractivity contribution in [3.05, 3.63) is 64.7 Å². The molecule has 6 rings (SSSR count). The summed E-state index contributed by atoms with van der Waals surface area (Å²) in [6.07, 6.45) is 6.05. The Morgan fingerprint density at radius 1 is 1.09 bits per heavy atom. The Morgan fingerprint density at radius 3 is 2.59 bits per heavy atom. The second-order valence-corrected chi connectivity index (χ2v) is 12.7. The zero-order valence-corrected chi connectivity index (χ0v) is 25.9. The molecule has 4 aromatic rings. The van der Waals surface area contributed by atoms with Gasteiger partial charge < -0.3 is 20.2 Å². The number of halogens is 1. The lowest BCUT2D eigenvalue weighted by Crippen LogP contribution is -2.41. The van der Waals surface area contributed by atoms with Crippen LogP contribution in [0, 0.1) is 11.8 Å². The van der Waals surface area contributed by atoms with E-state index in [1.165, 1.54) is 6.42 Å². The lowest BCUT2D eigenvalue weighted by molar-refractivity contribution is 0.0738. The highest BCUT2D eigenvalue weighted by Crippen LogP contribution is 2.31. The van der Waals surface area contributed by atoms with E-state index in [0.717, 1.165) is 56.8 Å². The van der Waals surface area contributed by atoms with Gasteiger partial charge in [-0.1, -0.05) is 6.07 Å². The minimum absolute atomic E-state index is 0.149. The number of nitrogens with one attached hydrogen (secondary N) is 1. The third-order valence-corrected chi connectivity index (χ3v) is 8.73. The van der Waals surface area contributed by atoms with E-state index in [-0.39, 0.29) is 12.2 Å². The number of hydrogen-bond donors (Lipinski definition) is 2. The van der Waals surface area contributed by atoms with Crippen molar-refractivity contribution in [1.29, 1.82) is 0 Å². The molecule has 10 nitrogen and oxygen atoms in total.